The fraction of sp³-hybridized carbons (Fsp3) is 0.250. The Morgan fingerprint density at radius 1 is 1.35 bits per heavy atom. The summed E-state index contributed by atoms with van der Waals surface area (Å²) in [5, 5.41) is 3.84. The van der Waals surface area contributed by atoms with Gasteiger partial charge < -0.3 is 9.73 Å². The molecule has 0 bridgehead atoms. The Kier molecular flexibility index (Phi) is 4.59. The average molecular weight is 353 g/mol. The number of hydrogen-bond donors (Lipinski definition) is 1. The van der Waals surface area contributed by atoms with E-state index in [1.54, 1.807) is 30.3 Å². The summed E-state index contributed by atoms with van der Waals surface area (Å²) in [5.74, 6) is 0.0278. The molecule has 2 amide bonds. The Hall–Kier alpha value is -1.98. The SMILES string of the molecule is O=C(NCc1ccc(Cl)cc1Cl)[C@@H]1CCC(=O)N1c1ccco1. The predicted octanol–water partition coefficient (Wildman–Crippen LogP) is 3.40. The van der Waals surface area contributed by atoms with Crippen LogP contribution in [0.5, 0.6) is 0 Å². The first-order chi connectivity index (χ1) is 11.1. The monoisotopic (exact) mass is 352 g/mol. The van der Waals surface area contributed by atoms with Crippen LogP contribution in [0.1, 0.15) is 18.4 Å². The second kappa shape index (κ2) is 6.64. The molecule has 1 fully saturated rings. The lowest BCUT2D eigenvalue weighted by Gasteiger charge is -2.21. The Morgan fingerprint density at radius 3 is 2.87 bits per heavy atom. The van der Waals surface area contributed by atoms with E-state index in [4.69, 9.17) is 27.6 Å². The zero-order valence-electron chi connectivity index (χ0n) is 12.1. The lowest BCUT2D eigenvalue weighted by Crippen LogP contribution is -2.44. The van der Waals surface area contributed by atoms with Gasteiger partial charge in [0.05, 0.1) is 6.26 Å². The zero-order chi connectivity index (χ0) is 16.4. The lowest BCUT2D eigenvalue weighted by molar-refractivity contribution is -0.124. The van der Waals surface area contributed by atoms with E-state index in [9.17, 15) is 9.59 Å². The second-order valence-corrected chi connectivity index (χ2v) is 6.07. The molecule has 1 N–H and O–H groups in total. The van der Waals surface area contributed by atoms with Gasteiger partial charge in [-0.3, -0.25) is 14.5 Å². The van der Waals surface area contributed by atoms with Crippen molar-refractivity contribution in [3.63, 3.8) is 0 Å². The van der Waals surface area contributed by atoms with Gasteiger partial charge in [-0.25, -0.2) is 0 Å². The number of carbonyl (C=O) groups excluding carboxylic acids is 2. The molecule has 0 saturated carbocycles. The molecule has 1 aromatic carbocycles. The van der Waals surface area contributed by atoms with Gasteiger partial charge in [-0.05, 0) is 30.2 Å². The standard InChI is InChI=1S/C16H14Cl2N2O3/c17-11-4-3-10(12(18)8-11)9-19-16(22)13-5-6-14(21)20(13)15-2-1-7-23-15/h1-4,7-8,13H,5-6,9H2,(H,19,22)/t13-/m0/s1. The number of halogens is 2. The summed E-state index contributed by atoms with van der Waals surface area (Å²) < 4.78 is 5.25. The number of benzene rings is 1. The summed E-state index contributed by atoms with van der Waals surface area (Å²) in [6.07, 6.45) is 2.25. The molecule has 1 aromatic heterocycles. The molecule has 1 aliphatic rings. The van der Waals surface area contributed by atoms with Crippen LogP contribution in [-0.2, 0) is 16.1 Å². The highest BCUT2D eigenvalue weighted by molar-refractivity contribution is 6.35. The maximum absolute atomic E-state index is 12.4. The van der Waals surface area contributed by atoms with E-state index in [0.717, 1.165) is 5.56 Å². The molecule has 7 heteroatoms. The molecule has 1 atom stereocenters. The highest BCUT2D eigenvalue weighted by atomic mass is 35.5. The summed E-state index contributed by atoms with van der Waals surface area (Å²) in [7, 11) is 0. The molecule has 2 heterocycles. The number of nitrogens with zero attached hydrogens (tertiary/aromatic N) is 1. The first kappa shape index (κ1) is 15.9. The molecule has 1 saturated heterocycles. The summed E-state index contributed by atoms with van der Waals surface area (Å²) >= 11 is 11.9. The Balaban J connectivity index is 1.69. The third-order valence-corrected chi connectivity index (χ3v) is 4.31. The number of rotatable bonds is 4. The highest BCUT2D eigenvalue weighted by Crippen LogP contribution is 2.27. The van der Waals surface area contributed by atoms with Crippen LogP contribution in [0, 0.1) is 0 Å². The topological polar surface area (TPSA) is 62.6 Å². The van der Waals surface area contributed by atoms with Crippen molar-refractivity contribution in [1.29, 1.82) is 0 Å². The van der Waals surface area contributed by atoms with Crippen molar-refractivity contribution in [2.45, 2.75) is 25.4 Å². The van der Waals surface area contributed by atoms with Crippen LogP contribution in [0.3, 0.4) is 0 Å². The van der Waals surface area contributed by atoms with Gasteiger partial charge in [0.15, 0.2) is 0 Å². The molecule has 0 spiro atoms. The number of carbonyl (C=O) groups is 2. The van der Waals surface area contributed by atoms with Gasteiger partial charge >= 0.3 is 0 Å². The first-order valence-electron chi connectivity index (χ1n) is 7.13. The van der Waals surface area contributed by atoms with E-state index in [0.29, 0.717) is 28.8 Å². The van der Waals surface area contributed by atoms with Gasteiger partial charge in [-0.2, -0.15) is 0 Å². The fourth-order valence-corrected chi connectivity index (χ4v) is 3.06. The number of amides is 2. The number of hydrogen-bond acceptors (Lipinski definition) is 3. The molecule has 0 aliphatic carbocycles. The van der Waals surface area contributed by atoms with Crippen molar-refractivity contribution < 1.29 is 14.0 Å². The van der Waals surface area contributed by atoms with E-state index in [2.05, 4.69) is 5.32 Å². The summed E-state index contributed by atoms with van der Waals surface area (Å²) in [6, 6.07) is 7.87. The smallest absolute Gasteiger partial charge is 0.243 e. The van der Waals surface area contributed by atoms with Crippen LogP contribution in [0.4, 0.5) is 5.88 Å². The van der Waals surface area contributed by atoms with Crippen molar-refractivity contribution in [2.24, 2.45) is 0 Å². The highest BCUT2D eigenvalue weighted by Gasteiger charge is 2.38. The molecule has 0 radical (unpaired) electrons. The van der Waals surface area contributed by atoms with Crippen LogP contribution in [-0.4, -0.2) is 17.9 Å². The third-order valence-electron chi connectivity index (χ3n) is 3.73. The van der Waals surface area contributed by atoms with Crippen molar-refractivity contribution in [3.8, 4) is 0 Å². The minimum Gasteiger partial charge on any atom is -0.448 e. The van der Waals surface area contributed by atoms with E-state index >= 15 is 0 Å². The van der Waals surface area contributed by atoms with Gasteiger partial charge in [-0.15, -0.1) is 0 Å². The van der Waals surface area contributed by atoms with Crippen molar-refractivity contribution in [1.82, 2.24) is 5.32 Å². The van der Waals surface area contributed by atoms with Crippen LogP contribution in [0.15, 0.2) is 41.0 Å². The Bertz CT molecular complexity index is 731. The predicted molar refractivity (Wildman–Crippen MR) is 87.5 cm³/mol. The quantitative estimate of drug-likeness (QED) is 0.916. The van der Waals surface area contributed by atoms with Crippen LogP contribution in [0.25, 0.3) is 0 Å². The molecule has 23 heavy (non-hydrogen) atoms. The van der Waals surface area contributed by atoms with Gasteiger partial charge in [-0.1, -0.05) is 29.3 Å². The van der Waals surface area contributed by atoms with E-state index in [1.807, 2.05) is 0 Å². The number of furan rings is 1. The molecule has 2 aromatic rings. The molecule has 0 unspecified atom stereocenters. The number of nitrogens with one attached hydrogen (secondary N) is 1. The number of anilines is 1. The zero-order valence-corrected chi connectivity index (χ0v) is 13.6. The fourth-order valence-electron chi connectivity index (χ4n) is 2.58. The van der Waals surface area contributed by atoms with Crippen molar-refractivity contribution in [3.05, 3.63) is 52.2 Å². The minimum absolute atomic E-state index is 0.121. The van der Waals surface area contributed by atoms with Crippen LogP contribution in [0.2, 0.25) is 10.0 Å². The molecular formula is C16H14Cl2N2O3. The molecule has 5 nitrogen and oxygen atoms in total. The van der Waals surface area contributed by atoms with Crippen LogP contribution >= 0.6 is 23.2 Å². The molecule has 1 aliphatic heterocycles. The van der Waals surface area contributed by atoms with Crippen molar-refractivity contribution in [2.75, 3.05) is 4.90 Å². The molecule has 3 rings (SSSR count). The van der Waals surface area contributed by atoms with E-state index in [-0.39, 0.29) is 18.4 Å². The summed E-state index contributed by atoms with van der Waals surface area (Å²) in [6.45, 7) is 0.269. The van der Waals surface area contributed by atoms with Gasteiger partial charge in [0.25, 0.3) is 0 Å². The normalized spacial score (nSPS) is 17.6. The van der Waals surface area contributed by atoms with E-state index in [1.165, 1.54) is 11.2 Å². The van der Waals surface area contributed by atoms with Crippen LogP contribution < -0.4 is 10.2 Å². The van der Waals surface area contributed by atoms with E-state index < -0.39 is 6.04 Å². The van der Waals surface area contributed by atoms with Gasteiger partial charge in [0, 0.05) is 29.1 Å². The Labute approximate surface area is 143 Å². The summed E-state index contributed by atoms with van der Waals surface area (Å²) in [5.41, 5.74) is 0.762. The minimum atomic E-state index is -0.570. The molecule has 120 valence electrons. The van der Waals surface area contributed by atoms with Crippen molar-refractivity contribution >= 4 is 40.9 Å². The maximum Gasteiger partial charge on any atom is 0.243 e. The Morgan fingerprint density at radius 2 is 2.17 bits per heavy atom. The first-order valence-corrected chi connectivity index (χ1v) is 7.89. The largest absolute Gasteiger partial charge is 0.448 e. The maximum atomic E-state index is 12.4. The third kappa shape index (κ3) is 3.35. The molecular weight excluding hydrogens is 339 g/mol. The second-order valence-electron chi connectivity index (χ2n) is 5.22. The summed E-state index contributed by atoms with van der Waals surface area (Å²) in [4.78, 5) is 25.8. The van der Waals surface area contributed by atoms with Gasteiger partial charge in [0.1, 0.15) is 6.04 Å². The average Bonchev–Trinajstić information content (AvgIpc) is 3.15. The van der Waals surface area contributed by atoms with Gasteiger partial charge in [0.2, 0.25) is 17.7 Å². The lowest BCUT2D eigenvalue weighted by atomic mass is 10.2.